The van der Waals surface area contributed by atoms with Crippen LogP contribution >= 0.6 is 0 Å². The molecule has 1 saturated heterocycles. The summed E-state index contributed by atoms with van der Waals surface area (Å²) in [7, 11) is 0. The molecule has 1 amide bonds. The number of nitrogens with one attached hydrogen (secondary N) is 1. The van der Waals surface area contributed by atoms with Crippen LogP contribution in [0.5, 0.6) is 5.75 Å². The topological polar surface area (TPSA) is 94.4 Å². The molecule has 0 radical (unpaired) electrons. The number of fused-ring (bicyclic) bond motifs is 5. The van der Waals surface area contributed by atoms with Crippen molar-refractivity contribution < 1.29 is 18.7 Å². The molecule has 2 aromatic heterocycles. The number of carbonyl (C=O) groups excluding carboxylic acids is 1. The first-order valence-corrected chi connectivity index (χ1v) is 11.1. The molecular formula is C23H25FN6O3. The largest absolute Gasteiger partial charge is 0.493 e. The molecule has 0 aliphatic carbocycles. The average Bonchev–Trinajstić information content (AvgIpc) is 3.32. The van der Waals surface area contributed by atoms with Gasteiger partial charge in [-0.05, 0) is 38.0 Å². The van der Waals surface area contributed by atoms with Crippen molar-refractivity contribution in [3.8, 4) is 17.3 Å². The zero-order valence-corrected chi connectivity index (χ0v) is 18.3. The van der Waals surface area contributed by atoms with Crippen molar-refractivity contribution in [1.82, 2.24) is 19.7 Å². The third-order valence-electron chi connectivity index (χ3n) is 5.94. The van der Waals surface area contributed by atoms with Gasteiger partial charge in [0.2, 0.25) is 0 Å². The van der Waals surface area contributed by atoms with Gasteiger partial charge in [0.1, 0.15) is 29.4 Å². The van der Waals surface area contributed by atoms with E-state index in [2.05, 4.69) is 27.4 Å². The number of halogens is 1. The molecule has 0 saturated carbocycles. The van der Waals surface area contributed by atoms with Gasteiger partial charge in [-0.15, -0.1) is 10.2 Å². The van der Waals surface area contributed by atoms with Gasteiger partial charge in [-0.2, -0.15) is 0 Å². The quantitative estimate of drug-likeness (QED) is 0.605. The minimum absolute atomic E-state index is 0.112. The average molecular weight is 452 g/mol. The monoisotopic (exact) mass is 452 g/mol. The third kappa shape index (κ3) is 4.38. The van der Waals surface area contributed by atoms with Gasteiger partial charge in [-0.1, -0.05) is 6.07 Å². The summed E-state index contributed by atoms with van der Waals surface area (Å²) in [5, 5.41) is 11.1. The van der Waals surface area contributed by atoms with Crippen molar-refractivity contribution in [2.75, 3.05) is 43.1 Å². The van der Waals surface area contributed by atoms with Gasteiger partial charge in [-0.25, -0.2) is 9.37 Å². The summed E-state index contributed by atoms with van der Waals surface area (Å²) in [6.45, 7) is 4.56. The van der Waals surface area contributed by atoms with Crippen LogP contribution in [0.2, 0.25) is 0 Å². The van der Waals surface area contributed by atoms with Gasteiger partial charge in [0.25, 0.3) is 5.91 Å². The van der Waals surface area contributed by atoms with Gasteiger partial charge < -0.3 is 24.3 Å². The van der Waals surface area contributed by atoms with E-state index in [9.17, 15) is 4.79 Å². The van der Waals surface area contributed by atoms with Crippen LogP contribution in [0.3, 0.4) is 0 Å². The van der Waals surface area contributed by atoms with Crippen molar-refractivity contribution in [2.24, 2.45) is 0 Å². The van der Waals surface area contributed by atoms with Crippen LogP contribution in [-0.4, -0.2) is 58.6 Å². The van der Waals surface area contributed by atoms with Crippen LogP contribution < -0.4 is 15.0 Å². The maximum Gasteiger partial charge on any atom is 0.260 e. The van der Waals surface area contributed by atoms with Crippen molar-refractivity contribution in [3.05, 3.63) is 48.0 Å². The number of hydrogen-bond acceptors (Lipinski definition) is 7. The number of anilines is 2. The number of nitrogens with zero attached hydrogens (tertiary/aromatic N) is 5. The molecule has 1 aromatic carbocycles. The van der Waals surface area contributed by atoms with Crippen LogP contribution in [0, 0.1) is 5.82 Å². The molecule has 172 valence electrons. The predicted molar refractivity (Wildman–Crippen MR) is 120 cm³/mol. The van der Waals surface area contributed by atoms with E-state index in [1.807, 2.05) is 15.5 Å². The Hall–Kier alpha value is -3.53. The fourth-order valence-electron chi connectivity index (χ4n) is 4.15. The highest BCUT2D eigenvalue weighted by atomic mass is 19.1. The van der Waals surface area contributed by atoms with Crippen LogP contribution in [0.25, 0.3) is 11.5 Å². The van der Waals surface area contributed by atoms with E-state index >= 15 is 4.39 Å². The lowest BCUT2D eigenvalue weighted by molar-refractivity contribution is 0.102. The first-order valence-electron chi connectivity index (χ1n) is 11.1. The normalized spacial score (nSPS) is 19.0. The zero-order chi connectivity index (χ0) is 22.8. The molecule has 0 spiro atoms. The van der Waals surface area contributed by atoms with Crippen LogP contribution in [0.1, 0.15) is 36.2 Å². The molecule has 3 aromatic rings. The van der Waals surface area contributed by atoms with E-state index in [1.54, 1.807) is 24.5 Å². The van der Waals surface area contributed by atoms with Crippen LogP contribution in [-0.2, 0) is 4.74 Å². The van der Waals surface area contributed by atoms with E-state index in [-0.39, 0.29) is 17.4 Å². The number of carbonyl (C=O) groups is 1. The number of aromatic nitrogens is 4. The summed E-state index contributed by atoms with van der Waals surface area (Å²) in [5.74, 6) is 0.365. The van der Waals surface area contributed by atoms with E-state index in [4.69, 9.17) is 9.47 Å². The smallest absolute Gasteiger partial charge is 0.260 e. The standard InChI is InChI=1S/C23H25FN6O3/c1-15-4-3-9-33-20-13-17(24)19(29-7-10-32-11-8-29)12-16(20)23(31)27-21-6-2-5-18(26-21)22-28-25-14-30(15)22/h2,5-6,12-15H,3-4,7-11H2,1H3,(H,26,27,31). The van der Waals surface area contributed by atoms with Crippen molar-refractivity contribution >= 4 is 17.4 Å². The number of hydrogen-bond donors (Lipinski definition) is 1. The Balaban J connectivity index is 1.54. The number of morpholine rings is 1. The molecule has 1 N–H and O–H groups in total. The van der Waals surface area contributed by atoms with Gasteiger partial charge in [0.05, 0.1) is 31.1 Å². The van der Waals surface area contributed by atoms with Crippen molar-refractivity contribution in [2.45, 2.75) is 25.8 Å². The summed E-state index contributed by atoms with van der Waals surface area (Å²) in [6, 6.07) is 8.30. The highest BCUT2D eigenvalue weighted by Gasteiger charge is 2.23. The highest BCUT2D eigenvalue weighted by molar-refractivity contribution is 6.06. The zero-order valence-electron chi connectivity index (χ0n) is 18.3. The molecule has 33 heavy (non-hydrogen) atoms. The maximum atomic E-state index is 15.0. The van der Waals surface area contributed by atoms with Crippen molar-refractivity contribution in [3.63, 3.8) is 0 Å². The van der Waals surface area contributed by atoms with E-state index < -0.39 is 11.7 Å². The molecule has 4 heterocycles. The first kappa shape index (κ1) is 21.3. The summed E-state index contributed by atoms with van der Waals surface area (Å²) in [4.78, 5) is 19.7. The third-order valence-corrected chi connectivity index (χ3v) is 5.94. The Morgan fingerprint density at radius 2 is 2.03 bits per heavy atom. The molecule has 10 heteroatoms. The highest BCUT2D eigenvalue weighted by Crippen LogP contribution is 2.31. The van der Waals surface area contributed by atoms with Gasteiger partial charge >= 0.3 is 0 Å². The molecular weight excluding hydrogens is 427 g/mol. The van der Waals surface area contributed by atoms with E-state index in [0.29, 0.717) is 62.4 Å². The lowest BCUT2D eigenvalue weighted by Crippen LogP contribution is -2.37. The van der Waals surface area contributed by atoms with Gasteiger partial charge in [-0.3, -0.25) is 4.79 Å². The van der Waals surface area contributed by atoms with Crippen molar-refractivity contribution in [1.29, 1.82) is 0 Å². The second-order valence-electron chi connectivity index (χ2n) is 8.16. The van der Waals surface area contributed by atoms with Crippen LogP contribution in [0.15, 0.2) is 36.7 Å². The SMILES string of the molecule is CC1CCCOc2cc(F)c(N3CCOCC3)cc2C(=O)Nc2cccc(n2)-c2nncn21. The van der Waals surface area contributed by atoms with E-state index in [0.717, 1.165) is 6.42 Å². The number of pyridine rings is 1. The Labute approximate surface area is 190 Å². The van der Waals surface area contributed by atoms with Crippen LogP contribution in [0.4, 0.5) is 15.9 Å². The molecule has 1 unspecified atom stereocenters. The fraction of sp³-hybridized carbons (Fsp3) is 0.391. The second kappa shape index (κ2) is 9.14. The maximum absolute atomic E-state index is 15.0. The Bertz CT molecular complexity index is 1160. The Morgan fingerprint density at radius 1 is 1.18 bits per heavy atom. The lowest BCUT2D eigenvalue weighted by Gasteiger charge is -2.29. The summed E-state index contributed by atoms with van der Waals surface area (Å²) in [5.41, 5.74) is 1.23. The number of benzene rings is 1. The molecule has 1 fully saturated rings. The molecule has 1 atom stereocenters. The summed E-state index contributed by atoms with van der Waals surface area (Å²) >= 11 is 0. The molecule has 2 aliphatic rings. The number of ether oxygens (including phenoxy) is 2. The molecule has 2 aliphatic heterocycles. The van der Waals surface area contributed by atoms with Gasteiger partial charge in [0.15, 0.2) is 5.82 Å². The molecule has 5 rings (SSSR count). The molecule has 9 nitrogen and oxygen atoms in total. The molecule has 2 bridgehead atoms. The lowest BCUT2D eigenvalue weighted by atomic mass is 10.1. The second-order valence-corrected chi connectivity index (χ2v) is 8.16. The Kier molecular flexibility index (Phi) is 5.91. The first-order chi connectivity index (χ1) is 16.1. The van der Waals surface area contributed by atoms with Gasteiger partial charge in [0, 0.05) is 25.2 Å². The minimum atomic E-state index is -0.424. The minimum Gasteiger partial charge on any atom is -0.493 e. The predicted octanol–water partition coefficient (Wildman–Crippen LogP) is 3.30. The summed E-state index contributed by atoms with van der Waals surface area (Å²) in [6.07, 6.45) is 3.18. The fourth-order valence-corrected chi connectivity index (χ4v) is 4.15. The van der Waals surface area contributed by atoms with E-state index in [1.165, 1.54) is 6.07 Å². The Morgan fingerprint density at radius 3 is 2.88 bits per heavy atom. The number of amides is 1. The number of rotatable bonds is 1. The summed E-state index contributed by atoms with van der Waals surface area (Å²) < 4.78 is 28.2.